The van der Waals surface area contributed by atoms with Gasteiger partial charge in [0.25, 0.3) is 15.9 Å². The number of urea groups is 1. The summed E-state index contributed by atoms with van der Waals surface area (Å²) in [4.78, 5) is 63.1. The lowest BCUT2D eigenvalue weighted by molar-refractivity contribution is -0.139. The number of benzene rings is 2. The maximum Gasteiger partial charge on any atom is 0.326 e. The number of sulfonamides is 1. The third-order valence-electron chi connectivity index (χ3n) is 7.61. The number of carbonyl (C=O) groups excluding carboxylic acids is 3. The third kappa shape index (κ3) is 10.1. The number of aromatic nitrogens is 3. The first-order valence-corrected chi connectivity index (χ1v) is 17.2. The summed E-state index contributed by atoms with van der Waals surface area (Å²) in [6.07, 6.45) is 8.84. The van der Waals surface area contributed by atoms with E-state index in [4.69, 9.17) is 16.2 Å². The first-order valence-electron chi connectivity index (χ1n) is 15.7. The number of nitrogens with two attached hydrogens (primary N) is 2. The highest BCUT2D eigenvalue weighted by molar-refractivity contribution is 7.92. The fourth-order valence-corrected chi connectivity index (χ4v) is 5.89. The van der Waals surface area contributed by atoms with Crippen molar-refractivity contribution >= 4 is 45.1 Å². The highest BCUT2D eigenvalue weighted by atomic mass is 32.2. The van der Waals surface area contributed by atoms with Gasteiger partial charge in [-0.2, -0.15) is 0 Å². The van der Waals surface area contributed by atoms with E-state index in [2.05, 4.69) is 20.3 Å². The van der Waals surface area contributed by atoms with E-state index in [-0.39, 0.29) is 34.9 Å². The summed E-state index contributed by atoms with van der Waals surface area (Å²) in [5.74, 6) is -5.89. The molecule has 2 aromatic heterocycles. The van der Waals surface area contributed by atoms with Crippen LogP contribution in [-0.2, 0) is 26.2 Å². The molecule has 0 saturated carbocycles. The molecule has 0 radical (unpaired) electrons. The van der Waals surface area contributed by atoms with Crippen molar-refractivity contribution in [3.63, 3.8) is 0 Å². The Morgan fingerprint density at radius 1 is 1.00 bits per heavy atom. The predicted octanol–water partition coefficient (Wildman–Crippen LogP) is 3.18. The number of nitrogens with zero attached hydrogens (tertiary/aromatic N) is 4. The van der Waals surface area contributed by atoms with Crippen molar-refractivity contribution in [2.75, 3.05) is 30.3 Å². The molecular formula is C35H34F2N8O8S. The number of carboxylic acids is 1. The van der Waals surface area contributed by atoms with E-state index in [1.165, 1.54) is 81.4 Å². The number of allylic oxidation sites excluding steroid dienone is 2. The van der Waals surface area contributed by atoms with Crippen LogP contribution in [0, 0.1) is 11.6 Å². The van der Waals surface area contributed by atoms with Crippen LogP contribution >= 0.6 is 0 Å². The van der Waals surface area contributed by atoms with Gasteiger partial charge in [-0.05, 0) is 41.5 Å². The van der Waals surface area contributed by atoms with Crippen LogP contribution < -0.4 is 26.4 Å². The van der Waals surface area contributed by atoms with Gasteiger partial charge in [-0.15, -0.1) is 0 Å². The molecule has 7 N–H and O–H groups in total. The minimum atomic E-state index is -4.45. The summed E-state index contributed by atoms with van der Waals surface area (Å²) in [5, 5.41) is 12.0. The summed E-state index contributed by atoms with van der Waals surface area (Å²) in [5.41, 5.74) is 10.4. The molecule has 4 aromatic rings. The average Bonchev–Trinajstić information content (AvgIpc) is 3.14. The number of rotatable bonds is 16. The molecule has 0 unspecified atom stereocenters. The predicted molar refractivity (Wildman–Crippen MR) is 192 cm³/mol. The number of carbonyl (C=O) groups is 4. The Labute approximate surface area is 307 Å². The largest absolute Gasteiger partial charge is 0.480 e. The Morgan fingerprint density at radius 2 is 1.69 bits per heavy atom. The number of anilines is 2. The zero-order chi connectivity index (χ0) is 39.6. The maximum absolute atomic E-state index is 15.2. The lowest BCUT2D eigenvalue weighted by Gasteiger charge is -2.18. The van der Waals surface area contributed by atoms with Crippen molar-refractivity contribution in [1.82, 2.24) is 20.3 Å². The molecule has 0 aliphatic carbocycles. The van der Waals surface area contributed by atoms with Gasteiger partial charge in [0.05, 0.1) is 28.0 Å². The van der Waals surface area contributed by atoms with Gasteiger partial charge >= 0.3 is 12.0 Å². The lowest BCUT2D eigenvalue weighted by Crippen LogP contribution is -2.41. The van der Waals surface area contributed by atoms with E-state index in [0.29, 0.717) is 29.1 Å². The van der Waals surface area contributed by atoms with Crippen LogP contribution in [0.15, 0.2) is 95.9 Å². The molecule has 0 fully saturated rings. The van der Waals surface area contributed by atoms with Crippen molar-refractivity contribution in [3.8, 4) is 11.1 Å². The number of primary amides is 1. The molecule has 0 spiro atoms. The SMILES string of the molecule is COCc1ncc(-c2ccc(S(=O)(=O)Nc3cc(F)c(C(=O)N[C@@H](CC(=CC(=O)c4ccncc4N(C)C(N)=O)/C=C\CN)C(=O)O)cc3F)cc2)cn1. The molecule has 0 saturated heterocycles. The van der Waals surface area contributed by atoms with Crippen molar-refractivity contribution in [3.05, 3.63) is 120 Å². The zero-order valence-electron chi connectivity index (χ0n) is 28.7. The van der Waals surface area contributed by atoms with E-state index < -0.39 is 69.1 Å². The molecule has 0 aliphatic heterocycles. The normalized spacial score (nSPS) is 12.3. The summed E-state index contributed by atoms with van der Waals surface area (Å²) in [7, 11) is -1.64. The number of hydrogen-bond acceptors (Lipinski definition) is 11. The summed E-state index contributed by atoms with van der Waals surface area (Å²) < 4.78 is 63.4. The van der Waals surface area contributed by atoms with Gasteiger partial charge in [-0.3, -0.25) is 24.2 Å². The number of methoxy groups -OCH3 is 1. The van der Waals surface area contributed by atoms with Crippen LogP contribution in [0.3, 0.4) is 0 Å². The quantitative estimate of drug-likeness (QED) is 0.0627. The van der Waals surface area contributed by atoms with Gasteiger partial charge < -0.3 is 26.6 Å². The van der Waals surface area contributed by atoms with Crippen LogP contribution in [-0.4, -0.2) is 78.9 Å². The molecule has 16 nitrogen and oxygen atoms in total. The van der Waals surface area contributed by atoms with E-state index in [9.17, 15) is 32.7 Å². The van der Waals surface area contributed by atoms with Crippen LogP contribution in [0.25, 0.3) is 11.1 Å². The van der Waals surface area contributed by atoms with Gasteiger partial charge in [-0.1, -0.05) is 24.3 Å². The number of pyridine rings is 1. The Balaban J connectivity index is 1.52. The molecule has 0 bridgehead atoms. The van der Waals surface area contributed by atoms with Crippen molar-refractivity contribution in [1.29, 1.82) is 0 Å². The standard InChI is InChI=1S/C35H34F2N8O8S/c1-45(35(39)50)30-18-40-11-9-24(30)31(46)13-20(4-3-10-38)12-29(34(48)49)43-33(47)25-14-27(37)28(15-26(25)36)44-54(51,52)23-7-5-21(6-8-23)22-16-41-32(19-53-2)42-17-22/h3-9,11,13-18,29,44H,10,12,19,38H2,1-2H3,(H2,39,50)(H,43,47)(H,48,49)/b4-3-,20-13?/t29-/m0/s1. The van der Waals surface area contributed by atoms with Crippen molar-refractivity contribution in [2.24, 2.45) is 11.5 Å². The maximum atomic E-state index is 15.2. The van der Waals surface area contributed by atoms with E-state index in [1.807, 2.05) is 4.72 Å². The number of nitrogens with one attached hydrogen (secondary N) is 2. The van der Waals surface area contributed by atoms with Gasteiger partial charge in [0, 0.05) is 62.9 Å². The van der Waals surface area contributed by atoms with Crippen molar-refractivity contribution < 1.29 is 46.2 Å². The monoisotopic (exact) mass is 764 g/mol. The fourth-order valence-electron chi connectivity index (χ4n) is 4.83. The second kappa shape index (κ2) is 17.9. The molecule has 54 heavy (non-hydrogen) atoms. The van der Waals surface area contributed by atoms with Gasteiger partial charge in [0.2, 0.25) is 0 Å². The number of ketones is 1. The molecule has 1 atom stereocenters. The third-order valence-corrected chi connectivity index (χ3v) is 8.99. The summed E-state index contributed by atoms with van der Waals surface area (Å²) in [6, 6.07) is 4.90. The Kier molecular flexibility index (Phi) is 13.3. The number of hydrogen-bond donors (Lipinski definition) is 5. The summed E-state index contributed by atoms with van der Waals surface area (Å²) >= 11 is 0. The summed E-state index contributed by atoms with van der Waals surface area (Å²) in [6.45, 7) is 0.200. The number of ether oxygens (including phenoxy) is 1. The van der Waals surface area contributed by atoms with Crippen molar-refractivity contribution in [2.45, 2.75) is 24.0 Å². The van der Waals surface area contributed by atoms with Crippen LogP contribution in [0.4, 0.5) is 25.0 Å². The number of amides is 3. The number of carboxylic acid groups (broad SMARTS) is 1. The Morgan fingerprint density at radius 3 is 2.30 bits per heavy atom. The van der Waals surface area contributed by atoms with Crippen LogP contribution in [0.1, 0.15) is 33.0 Å². The van der Waals surface area contributed by atoms with E-state index >= 15 is 8.78 Å². The Bertz CT molecular complexity index is 2220. The second-order valence-corrected chi connectivity index (χ2v) is 13.0. The minimum Gasteiger partial charge on any atom is -0.480 e. The first-order chi connectivity index (χ1) is 25.6. The molecular weight excluding hydrogens is 730 g/mol. The van der Waals surface area contributed by atoms with Gasteiger partial charge in [0.15, 0.2) is 11.6 Å². The van der Waals surface area contributed by atoms with E-state index in [0.717, 1.165) is 11.0 Å². The second-order valence-electron chi connectivity index (χ2n) is 11.3. The zero-order valence-corrected chi connectivity index (χ0v) is 29.5. The minimum absolute atomic E-state index is 0.00798. The Hall–Kier alpha value is -6.44. The molecule has 19 heteroatoms. The smallest absolute Gasteiger partial charge is 0.326 e. The molecule has 282 valence electrons. The fraction of sp³-hybridized carbons (Fsp3) is 0.171. The van der Waals surface area contributed by atoms with Gasteiger partial charge in [-0.25, -0.2) is 36.8 Å². The first kappa shape index (κ1) is 40.3. The lowest BCUT2D eigenvalue weighted by atomic mass is 10.0. The van der Waals surface area contributed by atoms with Gasteiger partial charge in [0.1, 0.15) is 24.3 Å². The average molecular weight is 765 g/mol. The highest BCUT2D eigenvalue weighted by Gasteiger charge is 2.26. The molecule has 4 rings (SSSR count). The molecule has 2 heterocycles. The topological polar surface area (TPSA) is 250 Å². The highest BCUT2D eigenvalue weighted by Crippen LogP contribution is 2.26. The molecule has 2 aromatic carbocycles. The molecule has 3 amide bonds. The van der Waals surface area contributed by atoms with E-state index in [1.54, 1.807) is 0 Å². The number of halogens is 2. The van der Waals surface area contributed by atoms with Crippen LogP contribution in [0.5, 0.6) is 0 Å². The van der Waals surface area contributed by atoms with Crippen LogP contribution in [0.2, 0.25) is 0 Å². The molecule has 0 aliphatic rings. The number of aliphatic carboxylic acids is 1.